The topological polar surface area (TPSA) is 97.6 Å². The second-order valence-corrected chi connectivity index (χ2v) is 11.4. The fourth-order valence-electron chi connectivity index (χ4n) is 6.96. The summed E-state index contributed by atoms with van der Waals surface area (Å²) in [6, 6.07) is 22.4. The Bertz CT molecular complexity index is 1870. The minimum absolute atomic E-state index is 0.0857. The highest BCUT2D eigenvalue weighted by molar-refractivity contribution is 6.36. The Kier molecular flexibility index (Phi) is 5.94. The molecule has 42 heavy (non-hydrogen) atoms. The van der Waals surface area contributed by atoms with Crippen molar-refractivity contribution >= 4 is 58.0 Å². The number of non-ortho nitro benzene ring substituents is 1. The third kappa shape index (κ3) is 3.50. The predicted molar refractivity (Wildman–Crippen MR) is 160 cm³/mol. The molecule has 0 aromatic heterocycles. The largest absolute Gasteiger partial charge is 0.352 e. The number of nitro groups is 1. The maximum Gasteiger partial charge on any atom is 0.270 e. The van der Waals surface area contributed by atoms with Crippen LogP contribution in [-0.4, -0.2) is 34.4 Å². The molecule has 4 aromatic carbocycles. The van der Waals surface area contributed by atoms with Gasteiger partial charge in [0.05, 0.1) is 11.0 Å². The van der Waals surface area contributed by atoms with Gasteiger partial charge < -0.3 is 4.90 Å². The minimum atomic E-state index is -1.74. The lowest BCUT2D eigenvalue weighted by Gasteiger charge is -2.37. The highest BCUT2D eigenvalue weighted by Gasteiger charge is 2.71. The van der Waals surface area contributed by atoms with Crippen LogP contribution in [0.3, 0.4) is 0 Å². The average molecular weight is 595 g/mol. The van der Waals surface area contributed by atoms with E-state index in [1.165, 1.54) is 30.3 Å². The summed E-state index contributed by atoms with van der Waals surface area (Å²) in [5, 5.41) is 12.2. The fourth-order valence-corrected chi connectivity index (χ4v) is 7.48. The zero-order valence-corrected chi connectivity index (χ0v) is 23.3. The molecule has 0 unspecified atom stereocenters. The second-order valence-electron chi connectivity index (χ2n) is 10.6. The van der Waals surface area contributed by atoms with Crippen LogP contribution in [0.15, 0.2) is 97.1 Å². The normalized spacial score (nSPS) is 21.3. The summed E-state index contributed by atoms with van der Waals surface area (Å²) in [5.74, 6) is -2.32. The van der Waals surface area contributed by atoms with Crippen LogP contribution < -0.4 is 4.90 Å². The summed E-state index contributed by atoms with van der Waals surface area (Å²) in [7, 11) is 0. The van der Waals surface area contributed by atoms with Crippen LogP contribution >= 0.6 is 23.2 Å². The van der Waals surface area contributed by atoms with Crippen molar-refractivity contribution in [3.63, 3.8) is 0 Å². The molecule has 3 aliphatic rings. The van der Waals surface area contributed by atoms with Crippen molar-refractivity contribution in [3.05, 3.63) is 145 Å². The zero-order chi connectivity index (χ0) is 29.3. The molecule has 0 saturated carbocycles. The molecular weight excluding hydrogens is 575 g/mol. The summed E-state index contributed by atoms with van der Waals surface area (Å²) in [6.45, 7) is 0. The summed E-state index contributed by atoms with van der Waals surface area (Å²) in [4.78, 5) is 56.9. The molecule has 7 nitrogen and oxygen atoms in total. The van der Waals surface area contributed by atoms with Gasteiger partial charge in [-0.3, -0.25) is 24.5 Å². The van der Waals surface area contributed by atoms with E-state index in [1.54, 1.807) is 36.4 Å². The number of ketones is 3. The molecule has 206 valence electrons. The molecule has 0 amide bonds. The summed E-state index contributed by atoms with van der Waals surface area (Å²) in [5.41, 5.74) is 0.553. The van der Waals surface area contributed by atoms with Crippen molar-refractivity contribution in [3.8, 4) is 0 Å². The number of fused-ring (bicyclic) bond motifs is 5. The number of benzene rings is 4. The maximum atomic E-state index is 14.7. The molecule has 0 radical (unpaired) electrons. The number of carbonyl (C=O) groups is 3. The molecular formula is C33H20Cl2N2O5. The minimum Gasteiger partial charge on any atom is -0.352 e. The van der Waals surface area contributed by atoms with Crippen molar-refractivity contribution < 1.29 is 19.3 Å². The third-order valence-corrected chi connectivity index (χ3v) is 9.18. The lowest BCUT2D eigenvalue weighted by atomic mass is 9.64. The van der Waals surface area contributed by atoms with E-state index in [-0.39, 0.29) is 27.4 Å². The Balaban J connectivity index is 1.56. The van der Waals surface area contributed by atoms with E-state index in [2.05, 4.69) is 0 Å². The quantitative estimate of drug-likeness (QED) is 0.107. The molecule has 2 aliphatic heterocycles. The second kappa shape index (κ2) is 9.48. The van der Waals surface area contributed by atoms with Crippen molar-refractivity contribution in [2.75, 3.05) is 4.90 Å². The Labute approximate surface area is 250 Å². The molecule has 2 heterocycles. The van der Waals surface area contributed by atoms with Gasteiger partial charge in [0, 0.05) is 50.5 Å². The summed E-state index contributed by atoms with van der Waals surface area (Å²) < 4.78 is 0. The smallest absolute Gasteiger partial charge is 0.270 e. The van der Waals surface area contributed by atoms with Gasteiger partial charge in [0.1, 0.15) is 11.5 Å². The molecule has 4 aromatic rings. The van der Waals surface area contributed by atoms with Gasteiger partial charge in [0.2, 0.25) is 0 Å². The van der Waals surface area contributed by atoms with Gasteiger partial charge in [0.15, 0.2) is 17.3 Å². The maximum absolute atomic E-state index is 14.7. The van der Waals surface area contributed by atoms with Gasteiger partial charge >= 0.3 is 0 Å². The standard InChI is InChI=1S/C33H20Cl2N2O5/c34-20-13-14-24(25(35)17-20)28-29(30(38)19-7-5-8-21(16-19)37(41)42)36-26-11-4-1-6-18(26)12-15-27(36)33(28)31(39)22-9-2-3-10-23(22)32(33)40/h1-17,27-29H/t27-,28-,29-/m0/s1. The van der Waals surface area contributed by atoms with Crippen molar-refractivity contribution in [1.29, 1.82) is 0 Å². The molecule has 1 spiro atoms. The van der Waals surface area contributed by atoms with Crippen LogP contribution in [0.25, 0.3) is 6.08 Å². The number of hydrogen-bond acceptors (Lipinski definition) is 6. The number of nitro benzene ring substituents is 1. The molecule has 1 aliphatic carbocycles. The van der Waals surface area contributed by atoms with Crippen molar-refractivity contribution in [2.45, 2.75) is 18.0 Å². The molecule has 1 saturated heterocycles. The Morgan fingerprint density at radius 1 is 0.857 bits per heavy atom. The van der Waals surface area contributed by atoms with Gasteiger partial charge in [-0.2, -0.15) is 0 Å². The first-order valence-electron chi connectivity index (χ1n) is 13.2. The summed E-state index contributed by atoms with van der Waals surface area (Å²) in [6.07, 6.45) is 3.67. The lowest BCUT2D eigenvalue weighted by molar-refractivity contribution is -0.384. The molecule has 0 N–H and O–H groups in total. The fraction of sp³-hybridized carbons (Fsp3) is 0.121. The van der Waals surface area contributed by atoms with Crippen LogP contribution in [0.2, 0.25) is 10.0 Å². The van der Waals surface area contributed by atoms with Crippen LogP contribution in [0.1, 0.15) is 48.1 Å². The Hall–Kier alpha value is -4.59. The average Bonchev–Trinajstić information content (AvgIpc) is 3.43. The van der Waals surface area contributed by atoms with Gasteiger partial charge in [-0.1, -0.05) is 96.0 Å². The number of para-hydroxylation sites is 1. The number of hydrogen-bond donors (Lipinski definition) is 0. The van der Waals surface area contributed by atoms with Crippen molar-refractivity contribution in [1.82, 2.24) is 0 Å². The molecule has 9 heteroatoms. The third-order valence-electron chi connectivity index (χ3n) is 8.62. The van der Waals surface area contributed by atoms with E-state index < -0.39 is 45.7 Å². The first-order chi connectivity index (χ1) is 20.2. The highest BCUT2D eigenvalue weighted by Crippen LogP contribution is 2.61. The lowest BCUT2D eigenvalue weighted by Crippen LogP contribution is -2.48. The Morgan fingerprint density at radius 2 is 1.55 bits per heavy atom. The van der Waals surface area contributed by atoms with Crippen LogP contribution in [0.5, 0.6) is 0 Å². The molecule has 3 atom stereocenters. The zero-order valence-electron chi connectivity index (χ0n) is 21.7. The predicted octanol–water partition coefficient (Wildman–Crippen LogP) is 7.22. The van der Waals surface area contributed by atoms with E-state index in [0.29, 0.717) is 16.3 Å². The van der Waals surface area contributed by atoms with Gasteiger partial charge in [0.25, 0.3) is 5.69 Å². The number of nitrogens with zero attached hydrogens (tertiary/aromatic N) is 2. The number of rotatable bonds is 4. The van der Waals surface area contributed by atoms with E-state index >= 15 is 0 Å². The molecule has 0 bridgehead atoms. The monoisotopic (exact) mass is 594 g/mol. The van der Waals surface area contributed by atoms with E-state index in [1.807, 2.05) is 41.3 Å². The summed E-state index contributed by atoms with van der Waals surface area (Å²) >= 11 is 13.1. The molecule has 7 rings (SSSR count). The number of carbonyl (C=O) groups excluding carboxylic acids is 3. The van der Waals surface area contributed by atoms with Crippen LogP contribution in [-0.2, 0) is 0 Å². The number of halogens is 2. The van der Waals surface area contributed by atoms with Crippen LogP contribution in [0.4, 0.5) is 11.4 Å². The van der Waals surface area contributed by atoms with Crippen LogP contribution in [0, 0.1) is 15.5 Å². The van der Waals surface area contributed by atoms with Crippen molar-refractivity contribution in [2.24, 2.45) is 5.41 Å². The Morgan fingerprint density at radius 3 is 2.24 bits per heavy atom. The van der Waals surface area contributed by atoms with E-state index in [9.17, 15) is 24.5 Å². The number of anilines is 1. The van der Waals surface area contributed by atoms with Gasteiger partial charge in [-0.05, 0) is 29.3 Å². The number of Topliss-reactive ketones (excluding diaryl/α,β-unsaturated/α-hetero) is 3. The van der Waals surface area contributed by atoms with E-state index in [4.69, 9.17) is 23.2 Å². The van der Waals surface area contributed by atoms with Gasteiger partial charge in [-0.25, -0.2) is 0 Å². The van der Waals surface area contributed by atoms with Gasteiger partial charge in [-0.15, -0.1) is 0 Å². The SMILES string of the molecule is O=C(c1cccc([N+](=O)[O-])c1)[C@@H]1[C@H](c2ccc(Cl)cc2Cl)C2(C(=O)c3ccccc3C2=O)[C@@H]2C=Cc3ccccc3N12. The first kappa shape index (κ1) is 26.3. The van der Waals surface area contributed by atoms with E-state index in [0.717, 1.165) is 5.56 Å². The first-order valence-corrected chi connectivity index (χ1v) is 14.0. The molecule has 1 fully saturated rings. The highest BCUT2D eigenvalue weighted by atomic mass is 35.5.